The molecule has 0 aromatic carbocycles. The molecule has 8 nitrogen and oxygen atoms in total. The summed E-state index contributed by atoms with van der Waals surface area (Å²) in [5, 5.41) is 6.51. The molecule has 2 N–H and O–H groups in total. The molecule has 2 aromatic rings. The molecule has 0 spiro atoms. The average Bonchev–Trinajstić information content (AvgIpc) is 3.58. The van der Waals surface area contributed by atoms with Crippen molar-refractivity contribution in [1.82, 2.24) is 24.8 Å². The first-order valence-corrected chi connectivity index (χ1v) is 12.7. The monoisotopic (exact) mass is 507 g/mol. The lowest BCUT2D eigenvalue weighted by molar-refractivity contribution is -0.116. The molecule has 11 heteroatoms. The van der Waals surface area contributed by atoms with E-state index >= 15 is 0 Å². The summed E-state index contributed by atoms with van der Waals surface area (Å²) in [6, 6.07) is 0. The van der Waals surface area contributed by atoms with Crippen molar-refractivity contribution in [2.45, 2.75) is 89.9 Å². The van der Waals surface area contributed by atoms with Crippen molar-refractivity contribution in [1.29, 1.82) is 0 Å². The zero-order chi connectivity index (χ0) is 25.9. The number of imidazole rings is 1. The van der Waals surface area contributed by atoms with E-state index in [1.54, 1.807) is 6.33 Å². The molecule has 36 heavy (non-hydrogen) atoms. The van der Waals surface area contributed by atoms with Crippen molar-refractivity contribution in [2.24, 2.45) is 0 Å². The molecule has 4 heterocycles. The zero-order valence-corrected chi connectivity index (χ0v) is 21.2. The van der Waals surface area contributed by atoms with E-state index in [1.165, 1.54) is 24.4 Å². The van der Waals surface area contributed by atoms with Gasteiger partial charge in [0.05, 0.1) is 5.69 Å². The number of rotatable bonds is 6. The number of fused-ring (bicyclic) bond motifs is 1. The maximum absolute atomic E-state index is 11.7. The highest BCUT2D eigenvalue weighted by Crippen LogP contribution is 2.41. The van der Waals surface area contributed by atoms with Gasteiger partial charge in [0.25, 0.3) is 0 Å². The molecule has 2 fully saturated rings. The molecular formula is C25H36F3N7O. The Hall–Kier alpha value is -2.69. The maximum Gasteiger partial charge on any atom is 0.379 e. The van der Waals surface area contributed by atoms with Gasteiger partial charge in [-0.05, 0) is 52.9 Å². The summed E-state index contributed by atoms with van der Waals surface area (Å²) in [4.78, 5) is 28.1. The molecular weight excluding hydrogens is 471 g/mol. The summed E-state index contributed by atoms with van der Waals surface area (Å²) in [5.41, 5.74) is 2.50. The number of hydrogen-bond acceptors (Lipinski definition) is 6. The molecule has 3 aliphatic rings. The number of aromatic nitrogens is 4. The molecule has 1 aliphatic carbocycles. The average molecular weight is 508 g/mol. The van der Waals surface area contributed by atoms with Gasteiger partial charge in [0.1, 0.15) is 23.8 Å². The fourth-order valence-corrected chi connectivity index (χ4v) is 4.88. The number of nitrogens with zero attached hydrogens (tertiary/aromatic N) is 5. The number of anilines is 2. The van der Waals surface area contributed by atoms with Crippen LogP contribution in [0.5, 0.6) is 0 Å². The molecule has 2 aromatic heterocycles. The molecule has 1 amide bonds. The van der Waals surface area contributed by atoms with Crippen molar-refractivity contribution in [3.05, 3.63) is 29.6 Å². The molecule has 0 radical (unpaired) electrons. The van der Waals surface area contributed by atoms with Gasteiger partial charge in [0.15, 0.2) is 0 Å². The first-order valence-electron chi connectivity index (χ1n) is 12.7. The Labute approximate surface area is 210 Å². The number of carbonyl (C=O) groups is 1. The van der Waals surface area contributed by atoms with E-state index in [0.29, 0.717) is 30.5 Å². The van der Waals surface area contributed by atoms with E-state index in [-0.39, 0.29) is 11.4 Å². The lowest BCUT2D eigenvalue weighted by Crippen LogP contribution is -2.38. The molecule has 0 unspecified atom stereocenters. The van der Waals surface area contributed by atoms with Gasteiger partial charge in [0.2, 0.25) is 5.91 Å². The van der Waals surface area contributed by atoms with Gasteiger partial charge in [-0.3, -0.25) is 4.79 Å². The quantitative estimate of drug-likeness (QED) is 0.603. The Morgan fingerprint density at radius 3 is 2.42 bits per heavy atom. The van der Waals surface area contributed by atoms with Crippen LogP contribution in [-0.2, 0) is 17.8 Å². The van der Waals surface area contributed by atoms with Gasteiger partial charge in [-0.25, -0.2) is 15.0 Å². The predicted octanol–water partition coefficient (Wildman–Crippen LogP) is 4.39. The van der Waals surface area contributed by atoms with Crippen LogP contribution >= 0.6 is 0 Å². The van der Waals surface area contributed by atoms with Crippen LogP contribution in [0.4, 0.5) is 24.8 Å². The lowest BCUT2D eigenvalue weighted by Gasteiger charge is -2.34. The molecule has 1 saturated heterocycles. The highest BCUT2D eigenvalue weighted by atomic mass is 19.4. The van der Waals surface area contributed by atoms with E-state index in [2.05, 4.69) is 57.0 Å². The van der Waals surface area contributed by atoms with Crippen LogP contribution in [0.3, 0.4) is 0 Å². The largest absolute Gasteiger partial charge is 0.379 e. The van der Waals surface area contributed by atoms with E-state index in [9.17, 15) is 18.0 Å². The van der Waals surface area contributed by atoms with Crippen LogP contribution in [0.2, 0.25) is 0 Å². The lowest BCUT2D eigenvalue weighted by atomic mass is 9.95. The van der Waals surface area contributed by atoms with E-state index in [0.717, 1.165) is 50.4 Å². The Morgan fingerprint density at radius 2 is 1.78 bits per heavy atom. The van der Waals surface area contributed by atoms with Gasteiger partial charge in [-0.2, -0.15) is 13.2 Å². The van der Waals surface area contributed by atoms with Crippen molar-refractivity contribution < 1.29 is 18.0 Å². The number of nitrogens with one attached hydrogen (secondary N) is 2. The molecule has 0 atom stereocenters. The number of amides is 1. The summed E-state index contributed by atoms with van der Waals surface area (Å²) in [7, 11) is 0. The minimum atomic E-state index is -3.67. The fraction of sp³-hybridized carbons (Fsp3) is 0.680. The Kier molecular flexibility index (Phi) is 8.17. The van der Waals surface area contributed by atoms with Crippen LogP contribution in [0, 0.1) is 0 Å². The summed E-state index contributed by atoms with van der Waals surface area (Å²) < 4.78 is 31.4. The molecule has 0 bridgehead atoms. The van der Waals surface area contributed by atoms with Gasteiger partial charge in [-0.1, -0.05) is 0 Å². The topological polar surface area (TPSA) is 88.0 Å². The molecule has 5 rings (SSSR count). The van der Waals surface area contributed by atoms with Crippen molar-refractivity contribution >= 4 is 17.5 Å². The number of carbonyl (C=O) groups excluding carboxylic acids is 1. The van der Waals surface area contributed by atoms with Gasteiger partial charge in [0, 0.05) is 61.7 Å². The second kappa shape index (κ2) is 11.1. The van der Waals surface area contributed by atoms with Crippen LogP contribution in [-0.4, -0.2) is 57.3 Å². The van der Waals surface area contributed by atoms with Gasteiger partial charge < -0.3 is 20.1 Å². The van der Waals surface area contributed by atoms with Crippen LogP contribution < -0.4 is 15.5 Å². The number of hydrogen-bond donors (Lipinski definition) is 2. The highest BCUT2D eigenvalue weighted by Gasteiger charge is 2.32. The predicted molar refractivity (Wildman–Crippen MR) is 132 cm³/mol. The van der Waals surface area contributed by atoms with E-state index in [1.807, 2.05) is 0 Å². The Balaban J connectivity index is 0.000000709. The summed E-state index contributed by atoms with van der Waals surface area (Å²) in [6.45, 7) is 6.79. The van der Waals surface area contributed by atoms with Gasteiger partial charge in [-0.15, -0.1) is 0 Å². The third-order valence-corrected chi connectivity index (χ3v) is 6.77. The normalized spacial score (nSPS) is 18.5. The van der Waals surface area contributed by atoms with Crippen molar-refractivity contribution in [3.63, 3.8) is 0 Å². The van der Waals surface area contributed by atoms with Crippen LogP contribution in [0.15, 0.2) is 12.5 Å². The number of halogens is 3. The smallest absolute Gasteiger partial charge is 0.356 e. The molecule has 198 valence electrons. The third kappa shape index (κ3) is 6.96. The van der Waals surface area contributed by atoms with E-state index in [4.69, 9.17) is 4.98 Å². The Bertz CT molecular complexity index is 1040. The second-order valence-electron chi connectivity index (χ2n) is 10.7. The maximum atomic E-state index is 11.7. The summed E-state index contributed by atoms with van der Waals surface area (Å²) >= 11 is 0. The zero-order valence-electron chi connectivity index (χ0n) is 21.2. The minimum absolute atomic E-state index is 0.0418. The summed E-state index contributed by atoms with van der Waals surface area (Å²) in [5.74, 6) is 4.13. The first-order chi connectivity index (χ1) is 17.1. The SMILES string of the molecule is CC(C)(C)NCCn1cc(C2CC2)nc1C1CCN(c2ncnc3c2CCC(=O)N3)CC1.FC(F)F. The standard InChI is InChI=1S/C24H35N7O.CHF3/c1-24(2,3)27-10-13-31-14-19(16-4-5-16)28-22(31)17-8-11-30(12-9-17)23-18-6-7-20(32)29-21(18)25-15-26-23;2-1(3)4/h14-17,27H,4-13H2,1-3H3,(H,25,26,29,32);1H. The molecule has 1 saturated carbocycles. The summed E-state index contributed by atoms with van der Waals surface area (Å²) in [6.07, 6.45) is 9.81. The highest BCUT2D eigenvalue weighted by molar-refractivity contribution is 5.93. The van der Waals surface area contributed by atoms with Crippen molar-refractivity contribution in [2.75, 3.05) is 29.9 Å². The van der Waals surface area contributed by atoms with E-state index < -0.39 is 6.68 Å². The van der Waals surface area contributed by atoms with Crippen molar-refractivity contribution in [3.8, 4) is 0 Å². The fourth-order valence-electron chi connectivity index (χ4n) is 4.88. The van der Waals surface area contributed by atoms with Crippen LogP contribution in [0.25, 0.3) is 0 Å². The van der Waals surface area contributed by atoms with Crippen LogP contribution in [0.1, 0.15) is 81.8 Å². The Morgan fingerprint density at radius 1 is 1.08 bits per heavy atom. The minimum Gasteiger partial charge on any atom is -0.356 e. The first kappa shape index (κ1) is 26.4. The third-order valence-electron chi connectivity index (χ3n) is 6.77. The second-order valence-corrected chi connectivity index (χ2v) is 10.7. The number of alkyl halides is 3. The van der Waals surface area contributed by atoms with Gasteiger partial charge >= 0.3 is 6.68 Å². The molecule has 2 aliphatic heterocycles. The number of piperidine rings is 1.